The lowest BCUT2D eigenvalue weighted by Gasteiger charge is -2.33. The van der Waals surface area contributed by atoms with E-state index in [1.807, 2.05) is 0 Å². The monoisotopic (exact) mass is 523 g/mol. The van der Waals surface area contributed by atoms with Gasteiger partial charge in [-0.05, 0) is 32.1 Å². The van der Waals surface area contributed by atoms with Crippen molar-refractivity contribution in [3.63, 3.8) is 0 Å². The van der Waals surface area contributed by atoms with Gasteiger partial charge in [0.05, 0.1) is 27.2 Å². The zero-order valence-corrected chi connectivity index (χ0v) is 25.9. The van der Waals surface area contributed by atoms with Crippen molar-refractivity contribution in [2.45, 2.75) is 136 Å². The molecule has 0 rings (SSSR count). The Bertz CT molecular complexity index is 391. The molecule has 0 bridgehead atoms. The van der Waals surface area contributed by atoms with E-state index in [-0.39, 0.29) is 12.4 Å². The molecule has 0 amide bonds. The summed E-state index contributed by atoms with van der Waals surface area (Å²) in [5.74, 6) is 0. The summed E-state index contributed by atoms with van der Waals surface area (Å²) in [6.07, 6.45) is 21.2. The van der Waals surface area contributed by atoms with E-state index in [1.54, 1.807) is 0 Å². The van der Waals surface area contributed by atoms with Crippen LogP contribution in [0.25, 0.3) is 0 Å². The first-order valence-electron chi connectivity index (χ1n) is 14.7. The number of hydrogen-bond donors (Lipinski definition) is 0. The first kappa shape index (κ1) is 36.5. The maximum Gasteiger partial charge on any atom is 0.501 e. The largest absolute Gasteiger partial charge is 1.00 e. The van der Waals surface area contributed by atoms with Gasteiger partial charge in [-0.15, -0.1) is 0 Å². The van der Waals surface area contributed by atoms with Gasteiger partial charge in [-0.1, -0.05) is 91.9 Å². The Morgan fingerprint density at radius 1 is 0.471 bits per heavy atom. The highest BCUT2D eigenvalue weighted by Gasteiger charge is 2.41. The minimum atomic E-state index is -2.54. The number of halogens is 1. The van der Waals surface area contributed by atoms with Gasteiger partial charge in [0.2, 0.25) is 0 Å². The Balaban J connectivity index is 0. The number of rotatable bonds is 26. The van der Waals surface area contributed by atoms with Gasteiger partial charge in [-0.2, -0.15) is 0 Å². The van der Waals surface area contributed by atoms with Crippen LogP contribution in [0.2, 0.25) is 6.04 Å². The Morgan fingerprint density at radius 2 is 0.824 bits per heavy atom. The predicted octanol–water partition coefficient (Wildman–Crippen LogP) is 5.38. The summed E-state index contributed by atoms with van der Waals surface area (Å²) in [5, 5.41) is 0. The van der Waals surface area contributed by atoms with Crippen LogP contribution in [0.15, 0.2) is 0 Å². The molecular weight excluding hydrogens is 462 g/mol. The second kappa shape index (κ2) is 25.0. The van der Waals surface area contributed by atoms with E-state index >= 15 is 0 Å². The molecule has 0 heterocycles. The average molecular weight is 524 g/mol. The molecule has 0 aromatic carbocycles. The fourth-order valence-corrected chi connectivity index (χ4v) is 7.15. The van der Waals surface area contributed by atoms with Crippen molar-refractivity contribution >= 4 is 8.80 Å². The van der Waals surface area contributed by atoms with Crippen molar-refractivity contribution in [3.8, 4) is 0 Å². The van der Waals surface area contributed by atoms with Crippen molar-refractivity contribution < 1.29 is 30.2 Å². The van der Waals surface area contributed by atoms with Crippen LogP contribution < -0.4 is 12.4 Å². The van der Waals surface area contributed by atoms with E-state index in [0.29, 0.717) is 0 Å². The number of unbranched alkanes of at least 4 members (excludes halogenated alkanes) is 11. The van der Waals surface area contributed by atoms with Gasteiger partial charge in [0.25, 0.3) is 0 Å². The lowest BCUT2D eigenvalue weighted by atomic mass is 10.1. The van der Waals surface area contributed by atoms with Crippen molar-refractivity contribution in [1.82, 2.24) is 0 Å². The van der Waals surface area contributed by atoms with Crippen LogP contribution in [0, 0.1) is 0 Å². The van der Waals surface area contributed by atoms with Crippen LogP contribution in [-0.2, 0) is 13.3 Å². The third kappa shape index (κ3) is 21.6. The molecule has 0 aliphatic heterocycles. The van der Waals surface area contributed by atoms with Crippen LogP contribution in [0.4, 0.5) is 0 Å². The second-order valence-corrected chi connectivity index (χ2v) is 13.3. The molecule has 0 saturated heterocycles. The summed E-state index contributed by atoms with van der Waals surface area (Å²) in [6, 6.07) is 0.952. The quantitative estimate of drug-likeness (QED) is 0.0865. The predicted molar refractivity (Wildman–Crippen MR) is 147 cm³/mol. The van der Waals surface area contributed by atoms with Gasteiger partial charge >= 0.3 is 8.80 Å². The highest BCUT2D eigenvalue weighted by Crippen LogP contribution is 2.21. The van der Waals surface area contributed by atoms with Crippen LogP contribution in [-0.4, -0.2) is 60.3 Å². The lowest BCUT2D eigenvalue weighted by Crippen LogP contribution is -3.00. The van der Waals surface area contributed by atoms with Gasteiger partial charge in [-0.25, -0.2) is 0 Å². The first-order valence-corrected chi connectivity index (χ1v) is 16.6. The van der Waals surface area contributed by atoms with Gasteiger partial charge in [0, 0.05) is 32.3 Å². The molecule has 0 aliphatic carbocycles. The maximum absolute atomic E-state index is 6.26. The molecule has 0 saturated carbocycles. The number of hydrogen-bond acceptors (Lipinski definition) is 3. The summed E-state index contributed by atoms with van der Waals surface area (Å²) in [7, 11) is 2.23. The first-order chi connectivity index (χ1) is 15.9. The number of nitrogens with zero attached hydrogens (tertiary/aromatic N) is 1. The maximum atomic E-state index is 6.26. The van der Waals surface area contributed by atoms with Crippen LogP contribution in [0.3, 0.4) is 0 Å². The van der Waals surface area contributed by atoms with E-state index in [0.717, 1.165) is 56.0 Å². The molecule has 0 aromatic heterocycles. The molecular formula is C28H62ClNO3Si. The highest BCUT2D eigenvalue weighted by atomic mass is 35.5. The molecule has 208 valence electrons. The van der Waals surface area contributed by atoms with Gasteiger partial charge in [0.1, 0.15) is 0 Å². The van der Waals surface area contributed by atoms with Gasteiger partial charge in [0.15, 0.2) is 0 Å². The van der Waals surface area contributed by atoms with Gasteiger partial charge in [-0.3, -0.25) is 0 Å². The Morgan fingerprint density at radius 3 is 1.21 bits per heavy atom. The van der Waals surface area contributed by atoms with E-state index in [1.165, 1.54) is 90.1 Å². The van der Waals surface area contributed by atoms with Gasteiger partial charge < -0.3 is 30.2 Å². The van der Waals surface area contributed by atoms with Crippen molar-refractivity contribution in [3.05, 3.63) is 0 Å². The molecule has 0 radical (unpaired) electrons. The normalized spacial score (nSPS) is 12.2. The Kier molecular flexibility index (Phi) is 26.9. The topological polar surface area (TPSA) is 27.7 Å². The zero-order valence-electron chi connectivity index (χ0n) is 24.1. The molecule has 0 atom stereocenters. The number of quaternary nitrogens is 1. The molecule has 0 aliphatic rings. The smallest absolute Gasteiger partial charge is 0.501 e. The van der Waals surface area contributed by atoms with E-state index in [4.69, 9.17) is 13.3 Å². The zero-order chi connectivity index (χ0) is 24.7. The summed E-state index contributed by atoms with van der Waals surface area (Å²) < 4.78 is 19.9. The standard InChI is InChI=1S/C28H62NO3Si.ClH/c1-7-11-12-13-14-15-16-17-18-19-20-21-23-29(5,6)24-22-28-33(30-25-8-2,31-26-9-3)32-27-10-4;/h7-28H2,1-6H3;1H/q+1;/p-1. The molecule has 6 heteroatoms. The summed E-state index contributed by atoms with van der Waals surface area (Å²) >= 11 is 0. The molecule has 0 N–H and O–H groups in total. The molecule has 4 nitrogen and oxygen atoms in total. The fraction of sp³-hybridized carbons (Fsp3) is 1.00. The lowest BCUT2D eigenvalue weighted by molar-refractivity contribution is -0.890. The fourth-order valence-electron chi connectivity index (χ4n) is 4.33. The van der Waals surface area contributed by atoms with Crippen molar-refractivity contribution in [2.24, 2.45) is 0 Å². The third-order valence-corrected chi connectivity index (χ3v) is 9.34. The van der Waals surface area contributed by atoms with Crippen LogP contribution in [0.5, 0.6) is 0 Å². The molecule has 0 unspecified atom stereocenters. The minimum Gasteiger partial charge on any atom is -1.00 e. The SMILES string of the molecule is CCCCCCCCCCCCCC[N+](C)(C)CCC[Si](OCCC)(OCCC)OCCC.[Cl-]. The second-order valence-electron chi connectivity index (χ2n) is 10.6. The van der Waals surface area contributed by atoms with Crippen molar-refractivity contribution in [1.29, 1.82) is 0 Å². The average Bonchev–Trinajstić information content (AvgIpc) is 2.80. The molecule has 34 heavy (non-hydrogen) atoms. The summed E-state index contributed by atoms with van der Waals surface area (Å²) in [5.41, 5.74) is 0. The molecule has 0 spiro atoms. The Hall–Kier alpha value is 0.347. The molecule has 0 aromatic rings. The van der Waals surface area contributed by atoms with E-state index in [2.05, 4.69) is 41.8 Å². The Labute approximate surface area is 222 Å². The molecule has 0 fully saturated rings. The minimum absolute atomic E-state index is 0. The highest BCUT2D eigenvalue weighted by molar-refractivity contribution is 6.60. The summed E-state index contributed by atoms with van der Waals surface area (Å²) in [6.45, 7) is 13.5. The third-order valence-electron chi connectivity index (χ3n) is 6.44. The summed E-state index contributed by atoms with van der Waals surface area (Å²) in [4.78, 5) is 0. The van der Waals surface area contributed by atoms with E-state index in [9.17, 15) is 0 Å². The van der Waals surface area contributed by atoms with Crippen LogP contribution in [0.1, 0.15) is 130 Å². The van der Waals surface area contributed by atoms with Crippen LogP contribution >= 0.6 is 0 Å². The van der Waals surface area contributed by atoms with Crippen molar-refractivity contribution in [2.75, 3.05) is 47.0 Å². The van der Waals surface area contributed by atoms with E-state index < -0.39 is 8.80 Å².